The Morgan fingerprint density at radius 3 is 2.67 bits per heavy atom. The summed E-state index contributed by atoms with van der Waals surface area (Å²) in [6.45, 7) is 1.02. The van der Waals surface area contributed by atoms with Gasteiger partial charge in [-0.2, -0.15) is 5.10 Å². The number of aryl methyl sites for hydroxylation is 1. The van der Waals surface area contributed by atoms with Crippen molar-refractivity contribution in [1.82, 2.24) is 24.1 Å². The Kier molecular flexibility index (Phi) is 5.13. The zero-order valence-electron chi connectivity index (χ0n) is 15.6. The molecule has 9 nitrogen and oxygen atoms in total. The van der Waals surface area contributed by atoms with Gasteiger partial charge in [0, 0.05) is 33.9 Å². The van der Waals surface area contributed by atoms with E-state index in [1.165, 1.54) is 9.80 Å². The summed E-state index contributed by atoms with van der Waals surface area (Å²) >= 11 is 0. The van der Waals surface area contributed by atoms with Gasteiger partial charge in [0.2, 0.25) is 5.91 Å². The maximum atomic E-state index is 12.6. The third-order valence-corrected chi connectivity index (χ3v) is 4.68. The van der Waals surface area contributed by atoms with Crippen molar-refractivity contribution in [2.75, 3.05) is 20.6 Å². The van der Waals surface area contributed by atoms with E-state index in [1.807, 2.05) is 0 Å². The Bertz CT molecular complexity index is 882. The zero-order chi connectivity index (χ0) is 19.7. The molecule has 2 aromatic heterocycles. The third kappa shape index (κ3) is 3.77. The average Bonchev–Trinajstić information content (AvgIpc) is 3.25. The highest BCUT2D eigenvalue weighted by Gasteiger charge is 2.29. The van der Waals surface area contributed by atoms with Crippen LogP contribution in [-0.2, 0) is 29.7 Å². The molecule has 0 saturated heterocycles. The van der Waals surface area contributed by atoms with Crippen LogP contribution < -0.4 is 0 Å². The number of aliphatic hydroxyl groups is 1. The Balaban J connectivity index is 1.70. The fourth-order valence-electron chi connectivity index (χ4n) is 3.03. The molecule has 1 atom stereocenters. The molecule has 0 bridgehead atoms. The highest BCUT2D eigenvalue weighted by Crippen LogP contribution is 2.21. The highest BCUT2D eigenvalue weighted by atomic mass is 16.3. The maximum absolute atomic E-state index is 12.6. The van der Waals surface area contributed by atoms with Gasteiger partial charge in [0.05, 0.1) is 36.6 Å². The van der Waals surface area contributed by atoms with E-state index in [1.54, 1.807) is 54.8 Å². The van der Waals surface area contributed by atoms with Crippen molar-refractivity contribution in [3.63, 3.8) is 0 Å². The standard InChI is InChI=1S/C18H23N5O4/c1-20(2)16(25)10-15(24)13-9-12-11-22(7-8-23(12)19-13)18(27)17(26)14-5-4-6-21(14)3/h4-6,9,15,24H,7-8,10-11H2,1-3H3. The molecule has 0 aromatic carbocycles. The van der Waals surface area contributed by atoms with Gasteiger partial charge in [0.1, 0.15) is 6.10 Å². The second kappa shape index (κ2) is 7.36. The first kappa shape index (κ1) is 18.8. The topological polar surface area (TPSA) is 101 Å². The molecule has 0 spiro atoms. The number of ketones is 1. The number of fused-ring (bicyclic) bond motifs is 1. The largest absolute Gasteiger partial charge is 0.386 e. The van der Waals surface area contributed by atoms with Crippen LogP contribution in [0, 0.1) is 0 Å². The van der Waals surface area contributed by atoms with Crippen LogP contribution in [0.5, 0.6) is 0 Å². The van der Waals surface area contributed by atoms with Crippen molar-refractivity contribution in [2.24, 2.45) is 7.05 Å². The second-order valence-electron chi connectivity index (χ2n) is 6.85. The lowest BCUT2D eigenvalue weighted by Crippen LogP contribution is -2.42. The molecular weight excluding hydrogens is 350 g/mol. The second-order valence-corrected chi connectivity index (χ2v) is 6.85. The molecule has 27 heavy (non-hydrogen) atoms. The van der Waals surface area contributed by atoms with Gasteiger partial charge in [-0.3, -0.25) is 19.1 Å². The Morgan fingerprint density at radius 1 is 1.30 bits per heavy atom. The van der Waals surface area contributed by atoms with Crippen molar-refractivity contribution in [3.8, 4) is 0 Å². The van der Waals surface area contributed by atoms with Crippen LogP contribution in [0.3, 0.4) is 0 Å². The van der Waals surface area contributed by atoms with E-state index in [2.05, 4.69) is 5.10 Å². The fourth-order valence-corrected chi connectivity index (χ4v) is 3.03. The normalized spacial score (nSPS) is 14.6. The fraction of sp³-hybridized carbons (Fsp3) is 0.444. The van der Waals surface area contributed by atoms with E-state index in [9.17, 15) is 19.5 Å². The summed E-state index contributed by atoms with van der Waals surface area (Å²) < 4.78 is 3.32. The van der Waals surface area contributed by atoms with Crippen LogP contribution >= 0.6 is 0 Å². The molecule has 0 fully saturated rings. The van der Waals surface area contributed by atoms with E-state index < -0.39 is 17.8 Å². The number of amides is 2. The van der Waals surface area contributed by atoms with Crippen molar-refractivity contribution in [1.29, 1.82) is 0 Å². The van der Waals surface area contributed by atoms with Gasteiger partial charge < -0.3 is 19.5 Å². The molecule has 1 N–H and O–H groups in total. The van der Waals surface area contributed by atoms with E-state index in [-0.39, 0.29) is 18.9 Å². The zero-order valence-corrected chi connectivity index (χ0v) is 15.6. The number of aromatic nitrogens is 3. The van der Waals surface area contributed by atoms with Gasteiger partial charge >= 0.3 is 0 Å². The lowest BCUT2D eigenvalue weighted by molar-refractivity contribution is -0.131. The smallest absolute Gasteiger partial charge is 0.296 e. The molecule has 3 rings (SSSR count). The summed E-state index contributed by atoms with van der Waals surface area (Å²) in [5.41, 5.74) is 1.46. The summed E-state index contributed by atoms with van der Waals surface area (Å²) in [6, 6.07) is 5.01. The molecular formula is C18H23N5O4. The monoisotopic (exact) mass is 373 g/mol. The minimum atomic E-state index is -1.01. The first-order chi connectivity index (χ1) is 12.8. The first-order valence-corrected chi connectivity index (χ1v) is 8.67. The minimum Gasteiger partial charge on any atom is -0.386 e. The molecule has 0 radical (unpaired) electrons. The molecule has 2 amide bonds. The Hall–Kier alpha value is -2.94. The summed E-state index contributed by atoms with van der Waals surface area (Å²) in [6.07, 6.45) is 0.652. The van der Waals surface area contributed by atoms with Crippen molar-refractivity contribution >= 4 is 17.6 Å². The SMILES string of the molecule is CN(C)C(=O)CC(O)c1cc2n(n1)CCN(C(=O)C(=O)c1cccn1C)C2. The van der Waals surface area contributed by atoms with Crippen LogP contribution in [0.15, 0.2) is 24.4 Å². The summed E-state index contributed by atoms with van der Waals surface area (Å²) in [7, 11) is 4.97. The minimum absolute atomic E-state index is 0.0575. The van der Waals surface area contributed by atoms with Crippen LogP contribution in [0.1, 0.15) is 34.4 Å². The number of rotatable bonds is 5. The van der Waals surface area contributed by atoms with Gasteiger partial charge in [0.25, 0.3) is 11.7 Å². The van der Waals surface area contributed by atoms with Crippen molar-refractivity contribution in [3.05, 3.63) is 41.5 Å². The highest BCUT2D eigenvalue weighted by molar-refractivity contribution is 6.42. The Labute approximate surface area is 156 Å². The van der Waals surface area contributed by atoms with Gasteiger partial charge in [-0.1, -0.05) is 0 Å². The summed E-state index contributed by atoms with van der Waals surface area (Å²) in [5.74, 6) is -1.31. The first-order valence-electron chi connectivity index (χ1n) is 8.67. The number of aliphatic hydroxyl groups excluding tert-OH is 1. The van der Waals surface area contributed by atoms with Crippen LogP contribution in [-0.4, -0.2) is 67.5 Å². The van der Waals surface area contributed by atoms with Crippen molar-refractivity contribution < 1.29 is 19.5 Å². The molecule has 144 valence electrons. The van der Waals surface area contributed by atoms with Gasteiger partial charge in [-0.05, 0) is 18.2 Å². The number of hydrogen-bond donors (Lipinski definition) is 1. The third-order valence-electron chi connectivity index (χ3n) is 4.68. The molecule has 2 aromatic rings. The quantitative estimate of drug-likeness (QED) is 0.585. The van der Waals surface area contributed by atoms with Gasteiger partial charge in [-0.25, -0.2) is 0 Å². The molecule has 0 saturated carbocycles. The summed E-state index contributed by atoms with van der Waals surface area (Å²) in [4.78, 5) is 39.6. The van der Waals surface area contributed by atoms with Crippen LogP contribution in [0.2, 0.25) is 0 Å². The van der Waals surface area contributed by atoms with Gasteiger partial charge in [-0.15, -0.1) is 0 Å². The predicted molar refractivity (Wildman–Crippen MR) is 95.7 cm³/mol. The molecule has 1 aliphatic rings. The van der Waals surface area contributed by atoms with E-state index in [4.69, 9.17) is 0 Å². The average molecular weight is 373 g/mol. The van der Waals surface area contributed by atoms with E-state index in [0.717, 1.165) is 5.69 Å². The van der Waals surface area contributed by atoms with Crippen LogP contribution in [0.4, 0.5) is 0 Å². The molecule has 3 heterocycles. The van der Waals surface area contributed by atoms with Crippen molar-refractivity contribution in [2.45, 2.75) is 25.6 Å². The maximum Gasteiger partial charge on any atom is 0.296 e. The Morgan fingerprint density at radius 2 is 2.04 bits per heavy atom. The lowest BCUT2D eigenvalue weighted by atomic mass is 10.1. The number of nitrogens with zero attached hydrogens (tertiary/aromatic N) is 5. The summed E-state index contributed by atoms with van der Waals surface area (Å²) in [5, 5.41) is 14.6. The number of carbonyl (C=O) groups is 3. The lowest BCUT2D eigenvalue weighted by Gasteiger charge is -2.27. The molecule has 9 heteroatoms. The molecule has 0 aliphatic carbocycles. The number of Topliss-reactive ketones (excluding diaryl/α,β-unsaturated/α-hetero) is 1. The molecule has 1 unspecified atom stereocenters. The van der Waals surface area contributed by atoms with E-state index in [0.29, 0.717) is 24.5 Å². The van der Waals surface area contributed by atoms with Crippen LogP contribution in [0.25, 0.3) is 0 Å². The molecule has 1 aliphatic heterocycles. The number of carbonyl (C=O) groups excluding carboxylic acids is 3. The van der Waals surface area contributed by atoms with E-state index >= 15 is 0 Å². The predicted octanol–water partition coefficient (Wildman–Crippen LogP) is -0.0416. The van der Waals surface area contributed by atoms with Gasteiger partial charge in [0.15, 0.2) is 0 Å². The number of hydrogen-bond acceptors (Lipinski definition) is 5.